The highest BCUT2D eigenvalue weighted by molar-refractivity contribution is 5.80. The maximum Gasteiger partial charge on any atom is 0.323 e. The average Bonchev–Trinajstić information content (AvgIpc) is 2.15. The Kier molecular flexibility index (Phi) is 6.72. The number of terminal acetylenes is 1. The molecule has 0 aliphatic rings. The molecule has 0 saturated heterocycles. The van der Waals surface area contributed by atoms with Gasteiger partial charge in [-0.2, -0.15) is 0 Å². The van der Waals surface area contributed by atoms with Gasteiger partial charge in [-0.1, -0.05) is 5.92 Å². The zero-order chi connectivity index (χ0) is 12.6. The molecule has 0 aromatic carbocycles. The molecule has 6 heteroatoms. The number of nitrogens with zero attached hydrogens (tertiary/aromatic N) is 2. The average molecular weight is 227 g/mol. The van der Waals surface area contributed by atoms with Gasteiger partial charge in [0.2, 0.25) is 0 Å². The van der Waals surface area contributed by atoms with E-state index in [0.717, 1.165) is 4.90 Å². The van der Waals surface area contributed by atoms with Crippen LogP contribution in [0.4, 0.5) is 4.79 Å². The highest BCUT2D eigenvalue weighted by Gasteiger charge is 2.14. The summed E-state index contributed by atoms with van der Waals surface area (Å²) in [6.45, 7) is 0.729. The fourth-order valence-corrected chi connectivity index (χ4v) is 0.971. The lowest BCUT2D eigenvalue weighted by Gasteiger charge is -2.19. The van der Waals surface area contributed by atoms with Gasteiger partial charge in [0, 0.05) is 13.1 Å². The van der Waals surface area contributed by atoms with Crippen LogP contribution in [0.3, 0.4) is 0 Å². The number of hydrogen-bond acceptors (Lipinski definition) is 3. The lowest BCUT2D eigenvalue weighted by atomic mass is 10.5. The summed E-state index contributed by atoms with van der Waals surface area (Å²) in [5, 5.41) is 11.2. The van der Waals surface area contributed by atoms with Crippen molar-refractivity contribution >= 4 is 12.0 Å². The molecule has 90 valence electrons. The van der Waals surface area contributed by atoms with E-state index in [1.807, 2.05) is 19.0 Å². The van der Waals surface area contributed by atoms with Crippen molar-refractivity contribution in [2.75, 3.05) is 40.3 Å². The van der Waals surface area contributed by atoms with Crippen molar-refractivity contribution in [2.45, 2.75) is 0 Å². The van der Waals surface area contributed by atoms with E-state index < -0.39 is 18.5 Å². The minimum atomic E-state index is -1.09. The molecule has 6 nitrogen and oxygen atoms in total. The largest absolute Gasteiger partial charge is 0.480 e. The van der Waals surface area contributed by atoms with E-state index in [1.54, 1.807) is 0 Å². The molecule has 0 saturated carbocycles. The standard InChI is InChI=1S/C10H17N3O3/c1-4-6-13(8-9(14)15)10(16)11-5-7-12(2)3/h1H,5-8H2,2-3H3,(H,11,16)(H,14,15). The second-order valence-electron chi connectivity index (χ2n) is 3.49. The van der Waals surface area contributed by atoms with Crippen LogP contribution in [0.25, 0.3) is 0 Å². The summed E-state index contributed by atoms with van der Waals surface area (Å²) in [5.41, 5.74) is 0. The van der Waals surface area contributed by atoms with Crippen LogP contribution in [-0.2, 0) is 4.79 Å². The molecule has 0 radical (unpaired) electrons. The van der Waals surface area contributed by atoms with Crippen molar-refractivity contribution in [3.8, 4) is 12.3 Å². The highest BCUT2D eigenvalue weighted by atomic mass is 16.4. The molecule has 0 aliphatic heterocycles. The Balaban J connectivity index is 4.07. The predicted molar refractivity (Wildman–Crippen MR) is 60.0 cm³/mol. The van der Waals surface area contributed by atoms with E-state index in [9.17, 15) is 9.59 Å². The van der Waals surface area contributed by atoms with Crippen molar-refractivity contribution in [3.63, 3.8) is 0 Å². The van der Waals surface area contributed by atoms with Gasteiger partial charge in [0.25, 0.3) is 0 Å². The summed E-state index contributed by atoms with van der Waals surface area (Å²) in [6, 6.07) is -0.456. The Labute approximate surface area is 95.2 Å². The van der Waals surface area contributed by atoms with E-state index in [-0.39, 0.29) is 6.54 Å². The van der Waals surface area contributed by atoms with Crippen LogP contribution >= 0.6 is 0 Å². The summed E-state index contributed by atoms with van der Waals surface area (Å²) in [5.74, 6) is 1.16. The fourth-order valence-electron chi connectivity index (χ4n) is 0.971. The molecule has 0 aromatic heterocycles. The fraction of sp³-hybridized carbons (Fsp3) is 0.600. The first-order valence-corrected chi connectivity index (χ1v) is 4.80. The maximum absolute atomic E-state index is 11.5. The van der Waals surface area contributed by atoms with Gasteiger partial charge in [0.15, 0.2) is 0 Å². The second-order valence-corrected chi connectivity index (χ2v) is 3.49. The molecule has 0 atom stereocenters. The van der Waals surface area contributed by atoms with Crippen LogP contribution in [0.2, 0.25) is 0 Å². The third-order valence-electron chi connectivity index (χ3n) is 1.73. The molecule has 2 amide bonds. The van der Waals surface area contributed by atoms with E-state index in [4.69, 9.17) is 11.5 Å². The van der Waals surface area contributed by atoms with Gasteiger partial charge in [-0.3, -0.25) is 4.79 Å². The summed E-state index contributed by atoms with van der Waals surface area (Å²) < 4.78 is 0. The molecule has 0 unspecified atom stereocenters. The van der Waals surface area contributed by atoms with Crippen molar-refractivity contribution < 1.29 is 14.7 Å². The topological polar surface area (TPSA) is 72.9 Å². The molecule has 0 rings (SSSR count). The highest BCUT2D eigenvalue weighted by Crippen LogP contribution is 1.88. The van der Waals surface area contributed by atoms with Gasteiger partial charge in [-0.25, -0.2) is 4.79 Å². The number of rotatable bonds is 6. The Morgan fingerprint density at radius 1 is 1.44 bits per heavy atom. The summed E-state index contributed by atoms with van der Waals surface area (Å²) >= 11 is 0. The third-order valence-corrected chi connectivity index (χ3v) is 1.73. The number of urea groups is 1. The number of aliphatic carboxylic acids is 1. The summed E-state index contributed by atoms with van der Waals surface area (Å²) in [6.07, 6.45) is 5.05. The number of hydrogen-bond donors (Lipinski definition) is 2. The lowest BCUT2D eigenvalue weighted by molar-refractivity contribution is -0.137. The molecule has 0 aliphatic carbocycles. The molecule has 0 spiro atoms. The number of carboxylic acid groups (broad SMARTS) is 1. The van der Waals surface area contributed by atoms with Gasteiger partial charge in [0.1, 0.15) is 6.54 Å². The van der Waals surface area contributed by atoms with Crippen LogP contribution in [0, 0.1) is 12.3 Å². The van der Waals surface area contributed by atoms with E-state index in [0.29, 0.717) is 13.1 Å². The molecule has 16 heavy (non-hydrogen) atoms. The minimum absolute atomic E-state index is 0.0138. The first-order valence-electron chi connectivity index (χ1n) is 4.80. The van der Waals surface area contributed by atoms with Gasteiger partial charge in [-0.05, 0) is 14.1 Å². The van der Waals surface area contributed by atoms with Crippen LogP contribution in [0.5, 0.6) is 0 Å². The van der Waals surface area contributed by atoms with Gasteiger partial charge >= 0.3 is 12.0 Å². The monoisotopic (exact) mass is 227 g/mol. The van der Waals surface area contributed by atoms with E-state index in [2.05, 4.69) is 11.2 Å². The van der Waals surface area contributed by atoms with Crippen molar-refractivity contribution in [1.29, 1.82) is 0 Å². The first kappa shape index (κ1) is 14.3. The quantitative estimate of drug-likeness (QED) is 0.587. The smallest absolute Gasteiger partial charge is 0.323 e. The van der Waals surface area contributed by atoms with Crippen molar-refractivity contribution in [1.82, 2.24) is 15.1 Å². The summed E-state index contributed by atoms with van der Waals surface area (Å²) in [4.78, 5) is 24.9. The Hall–Kier alpha value is -1.74. The Bertz CT molecular complexity index is 284. The summed E-state index contributed by atoms with van der Waals surface area (Å²) in [7, 11) is 3.76. The lowest BCUT2D eigenvalue weighted by Crippen LogP contribution is -2.44. The minimum Gasteiger partial charge on any atom is -0.480 e. The predicted octanol–water partition coefficient (Wildman–Crippen LogP) is -0.723. The molecule has 0 aromatic rings. The SMILES string of the molecule is C#CCN(CC(=O)O)C(=O)NCCN(C)C. The number of amides is 2. The van der Waals surface area contributed by atoms with Crippen LogP contribution in [0.15, 0.2) is 0 Å². The van der Waals surface area contributed by atoms with Crippen LogP contribution in [-0.4, -0.2) is 67.2 Å². The first-order chi connectivity index (χ1) is 7.47. The normalized spacial score (nSPS) is 9.62. The zero-order valence-corrected chi connectivity index (χ0v) is 9.56. The van der Waals surface area contributed by atoms with Gasteiger partial charge in [0.05, 0.1) is 6.54 Å². The van der Waals surface area contributed by atoms with Crippen LogP contribution in [0.1, 0.15) is 0 Å². The molecular formula is C10H17N3O3. The van der Waals surface area contributed by atoms with Gasteiger partial charge < -0.3 is 20.2 Å². The van der Waals surface area contributed by atoms with Crippen LogP contribution < -0.4 is 5.32 Å². The van der Waals surface area contributed by atoms with E-state index >= 15 is 0 Å². The number of carbonyl (C=O) groups excluding carboxylic acids is 1. The number of nitrogens with one attached hydrogen (secondary N) is 1. The van der Waals surface area contributed by atoms with Gasteiger partial charge in [-0.15, -0.1) is 6.42 Å². The molecule has 2 N–H and O–H groups in total. The Morgan fingerprint density at radius 2 is 2.06 bits per heavy atom. The second kappa shape index (κ2) is 7.54. The molecule has 0 bridgehead atoms. The van der Waals surface area contributed by atoms with Crippen molar-refractivity contribution in [2.24, 2.45) is 0 Å². The molecule has 0 heterocycles. The van der Waals surface area contributed by atoms with E-state index in [1.165, 1.54) is 0 Å². The molecule has 0 fully saturated rings. The number of carboxylic acids is 1. The Morgan fingerprint density at radius 3 is 2.50 bits per heavy atom. The number of carbonyl (C=O) groups is 2. The third kappa shape index (κ3) is 6.68. The maximum atomic E-state index is 11.5. The zero-order valence-electron chi connectivity index (χ0n) is 9.56. The van der Waals surface area contributed by atoms with Crippen molar-refractivity contribution in [3.05, 3.63) is 0 Å². The number of likely N-dealkylation sites (N-methyl/N-ethyl adjacent to an activating group) is 1. The molecular weight excluding hydrogens is 210 g/mol.